The van der Waals surface area contributed by atoms with Crippen molar-refractivity contribution >= 4 is 5.91 Å². The lowest BCUT2D eigenvalue weighted by Gasteiger charge is -2.47. The molecule has 13 nitrogen and oxygen atoms in total. The molecule has 0 aromatic heterocycles. The predicted octanol–water partition coefficient (Wildman–Crippen LogP) is -2.28. The first-order chi connectivity index (χ1) is 18.6. The Kier molecular flexibility index (Phi) is 10.6. The van der Waals surface area contributed by atoms with E-state index in [-0.39, 0.29) is 42.8 Å². The van der Waals surface area contributed by atoms with Crippen molar-refractivity contribution in [1.29, 1.82) is 0 Å². The topological polar surface area (TPSA) is 209 Å². The Morgan fingerprint density at radius 3 is 2.69 bits per heavy atom. The van der Waals surface area contributed by atoms with Crippen LogP contribution in [0.1, 0.15) is 45.4 Å². The molecule has 2 aliphatic heterocycles. The van der Waals surface area contributed by atoms with Crippen LogP contribution in [0.4, 0.5) is 0 Å². The number of carbonyl (C=O) groups excluding carboxylic acids is 1. The predicted molar refractivity (Wildman–Crippen MR) is 143 cm³/mol. The molecule has 0 aromatic rings. The number of rotatable bonds is 12. The zero-order valence-electron chi connectivity index (χ0n) is 23.1. The van der Waals surface area contributed by atoms with Crippen LogP contribution < -0.4 is 33.2 Å². The molecule has 11 N–H and O–H groups in total. The Labute approximate surface area is 230 Å². The number of amides is 1. The summed E-state index contributed by atoms with van der Waals surface area (Å²) in [5.41, 5.74) is 18.1. The first-order valence-electron chi connectivity index (χ1n) is 14.2. The maximum atomic E-state index is 12.4. The van der Waals surface area contributed by atoms with E-state index < -0.39 is 49.1 Å². The number of hydrogen-bond acceptors (Lipinski definition) is 12. The molecule has 39 heavy (non-hydrogen) atoms. The molecule has 0 aromatic carbocycles. The summed E-state index contributed by atoms with van der Waals surface area (Å²) in [4.78, 5) is 12.4. The van der Waals surface area contributed by atoms with Gasteiger partial charge in [0.25, 0.3) is 0 Å². The summed E-state index contributed by atoms with van der Waals surface area (Å²) in [5.74, 6) is 0.552. The van der Waals surface area contributed by atoms with Crippen molar-refractivity contribution in [3.8, 4) is 0 Å². The Morgan fingerprint density at radius 2 is 2.00 bits per heavy atom. The Bertz CT molecular complexity index is 846. The molecule has 0 spiro atoms. The molecule has 3 fully saturated rings. The minimum absolute atomic E-state index is 0.0607. The molecule has 2 aliphatic carbocycles. The number of aliphatic hydroxyl groups is 2. The minimum atomic E-state index is -1.22. The maximum absolute atomic E-state index is 12.4. The fourth-order valence-electron chi connectivity index (χ4n) is 5.65. The van der Waals surface area contributed by atoms with Gasteiger partial charge < -0.3 is 62.3 Å². The van der Waals surface area contributed by atoms with Crippen molar-refractivity contribution in [2.75, 3.05) is 33.3 Å². The van der Waals surface area contributed by atoms with E-state index in [1.165, 1.54) is 0 Å². The summed E-state index contributed by atoms with van der Waals surface area (Å²) in [6.07, 6.45) is 0.279. The van der Waals surface area contributed by atoms with E-state index in [4.69, 9.17) is 36.1 Å². The summed E-state index contributed by atoms with van der Waals surface area (Å²) in [6.45, 7) is 3.79. The van der Waals surface area contributed by atoms with Gasteiger partial charge >= 0.3 is 0 Å². The monoisotopic (exact) mass is 556 g/mol. The summed E-state index contributed by atoms with van der Waals surface area (Å²) >= 11 is 0. The summed E-state index contributed by atoms with van der Waals surface area (Å²) in [7, 11) is 1.77. The van der Waals surface area contributed by atoms with Gasteiger partial charge in [0, 0.05) is 43.6 Å². The maximum Gasteiger partial charge on any atom is 0.221 e. The van der Waals surface area contributed by atoms with E-state index in [2.05, 4.69) is 16.0 Å². The van der Waals surface area contributed by atoms with E-state index in [1.54, 1.807) is 7.05 Å². The average Bonchev–Trinajstić information content (AvgIpc) is 3.63. The van der Waals surface area contributed by atoms with E-state index in [9.17, 15) is 15.0 Å². The molecule has 4 rings (SSSR count). The second kappa shape index (κ2) is 13.5. The fourth-order valence-corrected chi connectivity index (χ4v) is 5.65. The Hall–Kier alpha value is -1.39. The van der Waals surface area contributed by atoms with Crippen LogP contribution in [0.15, 0.2) is 11.8 Å². The minimum Gasteiger partial charge on any atom is -0.468 e. The van der Waals surface area contributed by atoms with Gasteiger partial charge in [0.15, 0.2) is 12.6 Å². The largest absolute Gasteiger partial charge is 0.468 e. The third kappa shape index (κ3) is 7.88. The first-order valence-corrected chi connectivity index (χ1v) is 14.2. The van der Waals surface area contributed by atoms with Gasteiger partial charge in [-0.1, -0.05) is 6.92 Å². The number of carbonyl (C=O) groups is 1. The number of likely N-dealkylation sites (N-methyl/N-ethyl adjacent to an activating group) is 1. The van der Waals surface area contributed by atoms with Gasteiger partial charge in [-0.05, 0) is 44.7 Å². The first kappa shape index (κ1) is 30.6. The van der Waals surface area contributed by atoms with Crippen molar-refractivity contribution in [2.24, 2.45) is 23.1 Å². The third-order valence-corrected chi connectivity index (χ3v) is 8.18. The number of ether oxygens (including phenoxy) is 4. The van der Waals surface area contributed by atoms with Gasteiger partial charge in [0.1, 0.15) is 30.2 Å². The molecule has 0 unspecified atom stereocenters. The number of allylic oxidation sites excluding steroid dienone is 1. The van der Waals surface area contributed by atoms with Crippen LogP contribution in [0.3, 0.4) is 0 Å². The van der Waals surface area contributed by atoms with E-state index in [0.717, 1.165) is 31.6 Å². The molecule has 10 atom stereocenters. The zero-order valence-corrected chi connectivity index (χ0v) is 23.1. The van der Waals surface area contributed by atoms with Crippen LogP contribution in [0.5, 0.6) is 0 Å². The fraction of sp³-hybridized carbons (Fsp3) is 0.885. The van der Waals surface area contributed by atoms with Crippen LogP contribution in [0, 0.1) is 5.92 Å². The number of hydrogen-bond donors (Lipinski definition) is 8. The highest BCUT2D eigenvalue weighted by Crippen LogP contribution is 2.32. The molecule has 4 aliphatic rings. The van der Waals surface area contributed by atoms with Gasteiger partial charge in [0.05, 0.1) is 19.2 Å². The van der Waals surface area contributed by atoms with Gasteiger partial charge in [-0.25, -0.2) is 0 Å². The van der Waals surface area contributed by atoms with Crippen LogP contribution in [0.2, 0.25) is 0 Å². The van der Waals surface area contributed by atoms with Crippen molar-refractivity contribution in [1.82, 2.24) is 16.0 Å². The third-order valence-electron chi connectivity index (χ3n) is 8.18. The van der Waals surface area contributed by atoms with Gasteiger partial charge in [-0.3, -0.25) is 4.79 Å². The molecular weight excluding hydrogens is 508 g/mol. The standard InChI is InChI=1S/C26H48N6O7/c1-14-12-36-25(21(34)20(14)30-2)39-24-17(32-18(33)6-9-27)10-16(28)23(22(24)35)38-19-5-3-4-15(37-19)11-31-13-26(29)7-8-26/h4,14,16-17,19-25,30-31,34-35H,3,5-13,27-29H2,1-2H3,(H,32,33)/t14-,16+,17-,19-,20+,21-,22+,23-,24+,25-/m1/s1. The number of nitrogens with one attached hydrogen (secondary N) is 3. The number of aliphatic hydroxyl groups excluding tert-OH is 2. The molecule has 224 valence electrons. The van der Waals surface area contributed by atoms with Crippen molar-refractivity contribution in [3.05, 3.63) is 11.8 Å². The van der Waals surface area contributed by atoms with Gasteiger partial charge in [0.2, 0.25) is 5.91 Å². The van der Waals surface area contributed by atoms with E-state index in [1.807, 2.05) is 13.0 Å². The molecule has 1 saturated heterocycles. The highest BCUT2D eigenvalue weighted by atomic mass is 16.7. The quantitative estimate of drug-likeness (QED) is 0.128. The molecule has 1 amide bonds. The lowest BCUT2D eigenvalue weighted by atomic mass is 9.83. The molecule has 2 saturated carbocycles. The zero-order chi connectivity index (χ0) is 28.2. The lowest BCUT2D eigenvalue weighted by molar-refractivity contribution is -0.286. The highest BCUT2D eigenvalue weighted by molar-refractivity contribution is 5.76. The summed E-state index contributed by atoms with van der Waals surface area (Å²) in [6, 6.07) is -1.49. The second-order valence-electron chi connectivity index (χ2n) is 11.5. The molecule has 13 heteroatoms. The van der Waals surface area contributed by atoms with Crippen molar-refractivity contribution in [2.45, 2.75) is 106 Å². The van der Waals surface area contributed by atoms with Gasteiger partial charge in [-0.2, -0.15) is 0 Å². The highest BCUT2D eigenvalue weighted by Gasteiger charge is 2.49. The lowest BCUT2D eigenvalue weighted by Crippen LogP contribution is -2.67. The van der Waals surface area contributed by atoms with Crippen LogP contribution >= 0.6 is 0 Å². The number of nitrogens with two attached hydrogens (primary N) is 3. The normalized spacial score (nSPS) is 39.9. The SMILES string of the molecule is CN[C@@H]1[C@@H](O)[C@@H](O[C@@H]2[C@@H](O)[C@H](O[C@@H]3CCC=C(CNCC4(N)CC4)O3)[C@@H](N)C[C@H]2NC(=O)CCN)OC[C@H]1C. The van der Waals surface area contributed by atoms with E-state index in [0.29, 0.717) is 19.6 Å². The average molecular weight is 557 g/mol. The van der Waals surface area contributed by atoms with Crippen molar-refractivity contribution in [3.63, 3.8) is 0 Å². The smallest absolute Gasteiger partial charge is 0.221 e. The van der Waals surface area contributed by atoms with Crippen LogP contribution in [-0.4, -0.2) is 110 Å². The Morgan fingerprint density at radius 1 is 1.23 bits per heavy atom. The summed E-state index contributed by atoms with van der Waals surface area (Å²) < 4.78 is 24.3. The molecule has 0 radical (unpaired) electrons. The Balaban J connectivity index is 1.41. The summed E-state index contributed by atoms with van der Waals surface area (Å²) in [5, 5.41) is 31.7. The second-order valence-corrected chi connectivity index (χ2v) is 11.5. The van der Waals surface area contributed by atoms with Crippen LogP contribution in [0.25, 0.3) is 0 Å². The van der Waals surface area contributed by atoms with E-state index >= 15 is 0 Å². The van der Waals surface area contributed by atoms with Crippen molar-refractivity contribution < 1.29 is 34.0 Å². The molecule has 2 heterocycles. The molecular formula is C26H48N6O7. The van der Waals surface area contributed by atoms with Crippen LogP contribution in [-0.2, 0) is 23.7 Å². The van der Waals surface area contributed by atoms with Gasteiger partial charge in [-0.15, -0.1) is 0 Å². The molecule has 0 bridgehead atoms.